The number of hydrogen-bond acceptors (Lipinski definition) is 4. The minimum atomic E-state index is 0.0931. The van der Waals surface area contributed by atoms with Gasteiger partial charge in [0.25, 0.3) is 0 Å². The van der Waals surface area contributed by atoms with Crippen LogP contribution in [0.15, 0.2) is 0 Å². The van der Waals surface area contributed by atoms with Crippen LogP contribution in [-0.4, -0.2) is 67.7 Å². The Hall–Kier alpha value is -0.650. The lowest BCUT2D eigenvalue weighted by atomic mass is 9.98. The summed E-state index contributed by atoms with van der Waals surface area (Å²) in [6, 6.07) is 0. The van der Waals surface area contributed by atoms with Crippen LogP contribution in [0.4, 0.5) is 0 Å². The lowest BCUT2D eigenvalue weighted by molar-refractivity contribution is -0.137. The van der Waals surface area contributed by atoms with Gasteiger partial charge in [-0.3, -0.25) is 4.79 Å². The van der Waals surface area contributed by atoms with Crippen LogP contribution < -0.4 is 5.73 Å². The summed E-state index contributed by atoms with van der Waals surface area (Å²) in [5.74, 6) is 0.408. The van der Waals surface area contributed by atoms with Gasteiger partial charge in [0.05, 0.1) is 12.0 Å². The monoisotopic (exact) mass is 283 g/mol. The first-order valence-corrected chi connectivity index (χ1v) is 8.09. The van der Waals surface area contributed by atoms with E-state index in [4.69, 9.17) is 10.5 Å². The van der Waals surface area contributed by atoms with E-state index in [2.05, 4.69) is 16.7 Å². The van der Waals surface area contributed by atoms with Gasteiger partial charge in [-0.05, 0) is 45.3 Å². The summed E-state index contributed by atoms with van der Waals surface area (Å²) in [6.45, 7) is 8.47. The van der Waals surface area contributed by atoms with Crippen molar-refractivity contribution in [3.8, 4) is 0 Å². The van der Waals surface area contributed by atoms with Gasteiger partial charge < -0.3 is 20.3 Å². The number of carbonyl (C=O) groups is 1. The highest BCUT2D eigenvalue weighted by Gasteiger charge is 2.35. The van der Waals surface area contributed by atoms with Gasteiger partial charge in [-0.15, -0.1) is 0 Å². The molecule has 1 amide bonds. The predicted octanol–water partition coefficient (Wildman–Crippen LogP) is 0.685. The Labute approximate surface area is 122 Å². The molecule has 2 aliphatic rings. The van der Waals surface area contributed by atoms with Crippen molar-refractivity contribution in [3.63, 3.8) is 0 Å². The van der Waals surface area contributed by atoms with E-state index >= 15 is 0 Å². The lowest BCUT2D eigenvalue weighted by Crippen LogP contribution is -2.41. The van der Waals surface area contributed by atoms with Crippen LogP contribution in [0.3, 0.4) is 0 Å². The maximum atomic E-state index is 12.7. The van der Waals surface area contributed by atoms with E-state index in [0.29, 0.717) is 5.91 Å². The highest BCUT2D eigenvalue weighted by atomic mass is 16.5. The van der Waals surface area contributed by atoms with Crippen molar-refractivity contribution >= 4 is 5.91 Å². The van der Waals surface area contributed by atoms with Crippen LogP contribution in [0.1, 0.15) is 32.6 Å². The Morgan fingerprint density at radius 2 is 2.15 bits per heavy atom. The summed E-state index contributed by atoms with van der Waals surface area (Å²) < 4.78 is 5.66. The third-order valence-corrected chi connectivity index (χ3v) is 4.51. The molecule has 2 N–H and O–H groups in total. The van der Waals surface area contributed by atoms with Crippen LogP contribution in [-0.2, 0) is 9.53 Å². The zero-order valence-electron chi connectivity index (χ0n) is 12.7. The Kier molecular flexibility index (Phi) is 6.26. The molecule has 0 bridgehead atoms. The van der Waals surface area contributed by atoms with Gasteiger partial charge in [-0.25, -0.2) is 0 Å². The standard InChI is InChI=1S/C15H29N3O2/c1-2-14-13(5-12-20-14)15(19)18-9-4-8-17(10-11-18)7-3-6-16/h13-14H,2-12,16H2,1H3. The van der Waals surface area contributed by atoms with E-state index in [0.717, 1.165) is 71.6 Å². The number of hydrogen-bond donors (Lipinski definition) is 1. The normalized spacial score (nSPS) is 28.6. The highest BCUT2D eigenvalue weighted by molar-refractivity contribution is 5.79. The van der Waals surface area contributed by atoms with Crippen molar-refractivity contribution in [2.45, 2.75) is 38.7 Å². The first-order valence-electron chi connectivity index (χ1n) is 8.09. The lowest BCUT2D eigenvalue weighted by Gasteiger charge is -2.26. The molecule has 2 aliphatic heterocycles. The van der Waals surface area contributed by atoms with Gasteiger partial charge in [-0.2, -0.15) is 0 Å². The Bertz CT molecular complexity index is 311. The maximum absolute atomic E-state index is 12.7. The first-order chi connectivity index (χ1) is 9.76. The highest BCUT2D eigenvalue weighted by Crippen LogP contribution is 2.25. The number of nitrogens with two attached hydrogens (primary N) is 1. The molecule has 0 spiro atoms. The van der Waals surface area contributed by atoms with E-state index in [-0.39, 0.29) is 12.0 Å². The predicted molar refractivity (Wildman–Crippen MR) is 79.4 cm³/mol. The van der Waals surface area contributed by atoms with Gasteiger partial charge >= 0.3 is 0 Å². The fourth-order valence-electron chi connectivity index (χ4n) is 3.30. The second-order valence-electron chi connectivity index (χ2n) is 5.88. The van der Waals surface area contributed by atoms with E-state index in [1.165, 1.54) is 0 Å². The number of ether oxygens (including phenoxy) is 1. The number of carbonyl (C=O) groups excluding carboxylic acids is 1. The first kappa shape index (κ1) is 15.7. The molecule has 0 aromatic carbocycles. The van der Waals surface area contributed by atoms with Gasteiger partial charge in [0, 0.05) is 26.2 Å². The van der Waals surface area contributed by atoms with E-state index < -0.39 is 0 Å². The van der Waals surface area contributed by atoms with Crippen molar-refractivity contribution in [2.24, 2.45) is 11.7 Å². The molecule has 2 rings (SSSR count). The van der Waals surface area contributed by atoms with Crippen molar-refractivity contribution in [1.82, 2.24) is 9.80 Å². The molecule has 20 heavy (non-hydrogen) atoms. The second kappa shape index (κ2) is 7.96. The molecule has 0 aromatic rings. The minimum absolute atomic E-state index is 0.0931. The Balaban J connectivity index is 1.84. The van der Waals surface area contributed by atoms with Crippen LogP contribution in [0.2, 0.25) is 0 Å². The summed E-state index contributed by atoms with van der Waals surface area (Å²) in [7, 11) is 0. The Morgan fingerprint density at radius 3 is 2.90 bits per heavy atom. The fourth-order valence-corrected chi connectivity index (χ4v) is 3.30. The third-order valence-electron chi connectivity index (χ3n) is 4.51. The number of amides is 1. The van der Waals surface area contributed by atoms with Crippen molar-refractivity contribution in [3.05, 3.63) is 0 Å². The van der Waals surface area contributed by atoms with Gasteiger partial charge in [0.2, 0.25) is 5.91 Å². The summed E-state index contributed by atoms with van der Waals surface area (Å²) in [6.07, 6.45) is 4.08. The largest absolute Gasteiger partial charge is 0.377 e. The third kappa shape index (κ3) is 3.93. The molecule has 5 nitrogen and oxygen atoms in total. The van der Waals surface area contributed by atoms with Gasteiger partial charge in [0.1, 0.15) is 0 Å². The number of rotatable bonds is 5. The quantitative estimate of drug-likeness (QED) is 0.806. The SMILES string of the molecule is CCC1OCCC1C(=O)N1CCCN(CCCN)CC1. The summed E-state index contributed by atoms with van der Waals surface area (Å²) in [5.41, 5.74) is 5.57. The van der Waals surface area contributed by atoms with Crippen LogP contribution in [0.5, 0.6) is 0 Å². The summed E-state index contributed by atoms with van der Waals surface area (Å²) in [5, 5.41) is 0. The van der Waals surface area contributed by atoms with Crippen molar-refractivity contribution < 1.29 is 9.53 Å². The van der Waals surface area contributed by atoms with Crippen molar-refractivity contribution in [1.29, 1.82) is 0 Å². The molecule has 0 radical (unpaired) electrons. The molecule has 5 heteroatoms. The molecule has 0 aliphatic carbocycles. The average Bonchev–Trinajstić information content (AvgIpc) is 2.82. The molecule has 116 valence electrons. The molecule has 2 atom stereocenters. The molecule has 0 saturated carbocycles. The Morgan fingerprint density at radius 1 is 1.30 bits per heavy atom. The summed E-state index contributed by atoms with van der Waals surface area (Å²) >= 11 is 0. The van der Waals surface area contributed by atoms with Crippen LogP contribution in [0, 0.1) is 5.92 Å². The number of nitrogens with zero attached hydrogens (tertiary/aromatic N) is 2. The fraction of sp³-hybridized carbons (Fsp3) is 0.933. The molecule has 2 fully saturated rings. The molecular formula is C15H29N3O2. The van der Waals surface area contributed by atoms with Crippen LogP contribution >= 0.6 is 0 Å². The van der Waals surface area contributed by atoms with Gasteiger partial charge in [0.15, 0.2) is 0 Å². The van der Waals surface area contributed by atoms with E-state index in [1.54, 1.807) is 0 Å². The topological polar surface area (TPSA) is 58.8 Å². The molecule has 0 aromatic heterocycles. The van der Waals surface area contributed by atoms with E-state index in [9.17, 15) is 4.79 Å². The zero-order chi connectivity index (χ0) is 14.4. The summed E-state index contributed by atoms with van der Waals surface area (Å²) in [4.78, 5) is 17.1. The average molecular weight is 283 g/mol. The molecule has 2 unspecified atom stereocenters. The second-order valence-corrected chi connectivity index (χ2v) is 5.88. The maximum Gasteiger partial charge on any atom is 0.228 e. The van der Waals surface area contributed by atoms with Gasteiger partial charge in [-0.1, -0.05) is 6.92 Å². The molecular weight excluding hydrogens is 254 g/mol. The van der Waals surface area contributed by atoms with E-state index in [1.807, 2.05) is 0 Å². The van der Waals surface area contributed by atoms with Crippen molar-refractivity contribution in [2.75, 3.05) is 45.9 Å². The molecule has 2 saturated heterocycles. The minimum Gasteiger partial charge on any atom is -0.377 e. The molecule has 2 heterocycles. The zero-order valence-corrected chi connectivity index (χ0v) is 12.7. The van der Waals surface area contributed by atoms with Crippen LogP contribution in [0.25, 0.3) is 0 Å². The smallest absolute Gasteiger partial charge is 0.228 e.